The summed E-state index contributed by atoms with van der Waals surface area (Å²) in [5.74, 6) is -1.85. The third kappa shape index (κ3) is 8.80. The Hall–Kier alpha value is -4.12. The van der Waals surface area contributed by atoms with Crippen LogP contribution in [0.2, 0.25) is 0 Å². The fourth-order valence-electron chi connectivity index (χ4n) is 2.91. The number of nitrogens with two attached hydrogens (primary N) is 1. The van der Waals surface area contributed by atoms with Crippen molar-refractivity contribution in [1.29, 1.82) is 5.26 Å². The number of aromatic nitrogens is 2. The summed E-state index contributed by atoms with van der Waals surface area (Å²) in [4.78, 5) is 34.7. The molecular weight excluding hydrogens is 493 g/mol. The molecule has 2 amide bonds. The van der Waals surface area contributed by atoms with Gasteiger partial charge in [0.25, 0.3) is 5.91 Å². The zero-order valence-electron chi connectivity index (χ0n) is 20.2. The first-order valence-corrected chi connectivity index (χ1v) is 10.8. The van der Waals surface area contributed by atoms with Gasteiger partial charge in [0.2, 0.25) is 17.7 Å². The summed E-state index contributed by atoms with van der Waals surface area (Å²) in [6.07, 6.45) is -4.75. The Labute approximate surface area is 213 Å². The van der Waals surface area contributed by atoms with Crippen LogP contribution in [0.25, 0.3) is 0 Å². The van der Waals surface area contributed by atoms with E-state index in [-0.39, 0.29) is 55.0 Å². The second-order valence-corrected chi connectivity index (χ2v) is 7.87. The van der Waals surface area contributed by atoms with Crippen molar-refractivity contribution in [2.45, 2.75) is 33.5 Å². The lowest BCUT2D eigenvalue weighted by Crippen LogP contribution is -2.33. The third-order valence-electron chi connectivity index (χ3n) is 4.67. The summed E-state index contributed by atoms with van der Waals surface area (Å²) in [5.41, 5.74) is 3.94. The van der Waals surface area contributed by atoms with Crippen molar-refractivity contribution >= 4 is 29.3 Å². The Morgan fingerprint density at radius 1 is 1.24 bits per heavy atom. The smallest absolute Gasteiger partial charge is 0.416 e. The number of nitriles is 1. The number of alkyl halides is 3. The highest BCUT2D eigenvalue weighted by atomic mass is 19.4. The molecule has 0 fully saturated rings. The molecular formula is C23H31F3N8O3. The van der Waals surface area contributed by atoms with Crippen molar-refractivity contribution in [3.63, 3.8) is 0 Å². The van der Waals surface area contributed by atoms with Gasteiger partial charge in [-0.1, -0.05) is 7.43 Å². The van der Waals surface area contributed by atoms with E-state index in [0.717, 1.165) is 12.1 Å². The molecule has 202 valence electrons. The minimum Gasteiger partial charge on any atom is -0.477 e. The van der Waals surface area contributed by atoms with Crippen LogP contribution in [0.3, 0.4) is 0 Å². The van der Waals surface area contributed by atoms with Gasteiger partial charge in [-0.3, -0.25) is 9.59 Å². The standard InChI is InChI=1S/C22H27F3N8O3.CH4/c1-5-36-20-16(11-26)17(31-21(27)32-20)29-12(2)18(34)30-15-9-13(8-14(10-15)22(23,24)25)19(35)28-6-7-33(3)4;/h8-10,12H,5-7H2,1-4H3,(H,28,35)(H,30,34)(H3,27,29,31,32);1H4/t12-;/m0./s1. The van der Waals surface area contributed by atoms with Crippen LogP contribution in [0.15, 0.2) is 18.2 Å². The maximum absolute atomic E-state index is 13.4. The highest BCUT2D eigenvalue weighted by Crippen LogP contribution is 2.32. The van der Waals surface area contributed by atoms with Gasteiger partial charge in [0.05, 0.1) is 12.2 Å². The number of anilines is 3. The van der Waals surface area contributed by atoms with E-state index in [0.29, 0.717) is 12.6 Å². The van der Waals surface area contributed by atoms with Crippen molar-refractivity contribution in [3.8, 4) is 11.9 Å². The Kier molecular flexibility index (Phi) is 11.1. The predicted molar refractivity (Wildman–Crippen MR) is 133 cm³/mol. The van der Waals surface area contributed by atoms with Crippen LogP contribution in [0.4, 0.5) is 30.6 Å². The van der Waals surface area contributed by atoms with Gasteiger partial charge in [-0.2, -0.15) is 28.4 Å². The topological polar surface area (TPSA) is 158 Å². The number of halogens is 3. The molecule has 37 heavy (non-hydrogen) atoms. The Bertz CT molecular complexity index is 1150. The molecule has 0 saturated heterocycles. The summed E-state index contributed by atoms with van der Waals surface area (Å²) >= 11 is 0. The van der Waals surface area contributed by atoms with E-state index < -0.39 is 29.6 Å². The van der Waals surface area contributed by atoms with Gasteiger partial charge in [0, 0.05) is 24.3 Å². The molecule has 0 unspecified atom stereocenters. The zero-order valence-corrected chi connectivity index (χ0v) is 20.2. The van der Waals surface area contributed by atoms with Crippen LogP contribution in [-0.2, 0) is 11.0 Å². The molecule has 2 aromatic rings. The van der Waals surface area contributed by atoms with Gasteiger partial charge in [0.15, 0.2) is 11.4 Å². The van der Waals surface area contributed by atoms with E-state index in [1.807, 2.05) is 6.07 Å². The summed E-state index contributed by atoms with van der Waals surface area (Å²) in [6.45, 7) is 3.98. The van der Waals surface area contributed by atoms with Gasteiger partial charge in [-0.25, -0.2) is 0 Å². The summed E-state index contributed by atoms with van der Waals surface area (Å²) in [6, 6.07) is 3.36. The first kappa shape index (κ1) is 30.9. The summed E-state index contributed by atoms with van der Waals surface area (Å²) < 4.78 is 45.6. The number of carbonyl (C=O) groups excluding carboxylic acids is 2. The van der Waals surface area contributed by atoms with Crippen LogP contribution >= 0.6 is 0 Å². The first-order chi connectivity index (χ1) is 16.8. The molecule has 0 aliphatic rings. The van der Waals surface area contributed by atoms with Crippen molar-refractivity contribution in [2.75, 3.05) is 50.2 Å². The molecule has 11 nitrogen and oxygen atoms in total. The van der Waals surface area contributed by atoms with Gasteiger partial charge < -0.3 is 31.3 Å². The van der Waals surface area contributed by atoms with Gasteiger partial charge in [-0.15, -0.1) is 0 Å². The molecule has 0 radical (unpaired) electrons. The summed E-state index contributed by atoms with van der Waals surface area (Å²) in [7, 11) is 3.57. The van der Waals surface area contributed by atoms with Gasteiger partial charge in [0.1, 0.15) is 12.1 Å². The molecule has 1 aromatic heterocycles. The molecule has 1 heterocycles. The second-order valence-electron chi connectivity index (χ2n) is 7.87. The normalized spacial score (nSPS) is 11.6. The first-order valence-electron chi connectivity index (χ1n) is 10.8. The number of nitrogens with one attached hydrogen (secondary N) is 3. The van der Waals surface area contributed by atoms with E-state index in [2.05, 4.69) is 25.9 Å². The fourth-order valence-corrected chi connectivity index (χ4v) is 2.91. The van der Waals surface area contributed by atoms with Crippen LogP contribution < -0.4 is 26.4 Å². The maximum Gasteiger partial charge on any atom is 0.416 e. The number of nitrogens with zero attached hydrogens (tertiary/aromatic N) is 4. The quantitative estimate of drug-likeness (QED) is 0.367. The molecule has 0 aliphatic carbocycles. The molecule has 5 N–H and O–H groups in total. The number of carbonyl (C=O) groups is 2. The lowest BCUT2D eigenvalue weighted by Gasteiger charge is -2.18. The lowest BCUT2D eigenvalue weighted by molar-refractivity contribution is -0.137. The SMILES string of the molecule is C.CCOc1nc(N)nc(N[C@@H](C)C(=O)Nc2cc(C(=O)NCCN(C)C)cc(C(F)(F)F)c2)c1C#N. The van der Waals surface area contributed by atoms with Crippen molar-refractivity contribution in [3.05, 3.63) is 34.9 Å². The van der Waals surface area contributed by atoms with E-state index in [1.165, 1.54) is 6.92 Å². The van der Waals surface area contributed by atoms with Gasteiger partial charge >= 0.3 is 6.18 Å². The number of ether oxygens (including phenoxy) is 1. The number of nitrogen functional groups attached to an aromatic ring is 1. The molecule has 0 bridgehead atoms. The second kappa shape index (κ2) is 13.3. The van der Waals surface area contributed by atoms with Crippen molar-refractivity contribution < 1.29 is 27.5 Å². The highest BCUT2D eigenvalue weighted by molar-refractivity contribution is 5.99. The monoisotopic (exact) mass is 524 g/mol. The van der Waals surface area contributed by atoms with Gasteiger partial charge in [-0.05, 0) is 46.1 Å². The molecule has 1 atom stereocenters. The molecule has 2 rings (SSSR count). The van der Waals surface area contributed by atoms with E-state index in [1.54, 1.807) is 25.9 Å². The maximum atomic E-state index is 13.4. The predicted octanol–water partition coefficient (Wildman–Crippen LogP) is 2.71. The molecule has 1 aromatic carbocycles. The number of likely N-dealkylation sites (N-methyl/N-ethyl adjacent to an activating group) is 1. The molecule has 0 aliphatic heterocycles. The largest absolute Gasteiger partial charge is 0.477 e. The molecule has 0 saturated carbocycles. The zero-order chi connectivity index (χ0) is 27.0. The number of benzene rings is 1. The van der Waals surface area contributed by atoms with E-state index >= 15 is 0 Å². The number of rotatable bonds is 10. The average Bonchev–Trinajstić information content (AvgIpc) is 2.78. The van der Waals surface area contributed by atoms with Crippen molar-refractivity contribution in [2.24, 2.45) is 0 Å². The number of hydrogen-bond acceptors (Lipinski definition) is 9. The van der Waals surface area contributed by atoms with Crippen molar-refractivity contribution in [1.82, 2.24) is 20.2 Å². The average molecular weight is 525 g/mol. The van der Waals surface area contributed by atoms with Crippen LogP contribution in [0.5, 0.6) is 5.88 Å². The lowest BCUT2D eigenvalue weighted by atomic mass is 10.1. The van der Waals surface area contributed by atoms with Crippen LogP contribution in [0, 0.1) is 11.3 Å². The number of amides is 2. The molecule has 0 spiro atoms. The third-order valence-corrected chi connectivity index (χ3v) is 4.67. The fraction of sp³-hybridized carbons (Fsp3) is 0.435. The Morgan fingerprint density at radius 3 is 2.49 bits per heavy atom. The number of hydrogen-bond donors (Lipinski definition) is 4. The van der Waals surface area contributed by atoms with E-state index in [4.69, 9.17) is 10.5 Å². The highest BCUT2D eigenvalue weighted by Gasteiger charge is 2.32. The minimum absolute atomic E-state index is 0. The minimum atomic E-state index is -4.75. The van der Waals surface area contributed by atoms with Crippen LogP contribution in [-0.4, -0.2) is 66.5 Å². The van der Waals surface area contributed by atoms with E-state index in [9.17, 15) is 28.0 Å². The Morgan fingerprint density at radius 2 is 1.92 bits per heavy atom. The molecule has 14 heteroatoms. The summed E-state index contributed by atoms with van der Waals surface area (Å²) in [5, 5.41) is 17.0. The Balaban J connectivity index is 0.00000684. The van der Waals surface area contributed by atoms with Crippen LogP contribution in [0.1, 0.15) is 42.8 Å².